The molecule has 15 heavy (non-hydrogen) atoms. The Morgan fingerprint density at radius 2 is 2.00 bits per heavy atom. The lowest BCUT2D eigenvalue weighted by atomic mass is 9.78. The van der Waals surface area contributed by atoms with E-state index in [0.717, 1.165) is 17.7 Å². The van der Waals surface area contributed by atoms with E-state index in [1.54, 1.807) is 0 Å². The maximum absolute atomic E-state index is 10.0. The first-order valence-corrected chi connectivity index (χ1v) is 5.78. The number of benzene rings is 1. The third-order valence-corrected chi connectivity index (χ3v) is 3.69. The van der Waals surface area contributed by atoms with Crippen LogP contribution in [0.2, 0.25) is 0 Å². The van der Waals surface area contributed by atoms with Crippen molar-refractivity contribution in [2.45, 2.75) is 37.9 Å². The number of ether oxygens (including phenoxy) is 1. The number of aliphatic hydroxyl groups excluding tert-OH is 1. The Morgan fingerprint density at radius 3 is 2.73 bits per heavy atom. The summed E-state index contributed by atoms with van der Waals surface area (Å²) in [5.41, 5.74) is 0.952. The van der Waals surface area contributed by atoms with Gasteiger partial charge in [0.05, 0.1) is 6.10 Å². The quantitative estimate of drug-likeness (QED) is 0.762. The largest absolute Gasteiger partial charge is 0.490 e. The van der Waals surface area contributed by atoms with Crippen LogP contribution in [0.25, 0.3) is 0 Å². The minimum Gasteiger partial charge on any atom is -0.490 e. The van der Waals surface area contributed by atoms with Gasteiger partial charge >= 0.3 is 0 Å². The van der Waals surface area contributed by atoms with Gasteiger partial charge in [0.15, 0.2) is 0 Å². The van der Waals surface area contributed by atoms with Crippen molar-refractivity contribution < 1.29 is 9.84 Å². The highest BCUT2D eigenvalue weighted by molar-refractivity contribution is 5.37. The predicted octanol–water partition coefficient (Wildman–Crippen LogP) is 2.67. The first kappa shape index (κ1) is 9.22. The third-order valence-electron chi connectivity index (χ3n) is 3.69. The number of rotatable bonds is 1. The van der Waals surface area contributed by atoms with Crippen molar-refractivity contribution in [2.75, 3.05) is 0 Å². The molecule has 2 aliphatic rings. The summed E-state index contributed by atoms with van der Waals surface area (Å²) in [6, 6.07) is 7.84. The van der Waals surface area contributed by atoms with Gasteiger partial charge in [-0.25, -0.2) is 0 Å². The topological polar surface area (TPSA) is 29.5 Å². The minimum absolute atomic E-state index is 0.239. The summed E-state index contributed by atoms with van der Waals surface area (Å²) in [7, 11) is 0. The highest BCUT2D eigenvalue weighted by atomic mass is 16.5. The fraction of sp³-hybridized carbons (Fsp3) is 0.538. The fourth-order valence-electron chi connectivity index (χ4n) is 2.52. The summed E-state index contributed by atoms with van der Waals surface area (Å²) in [5.74, 6) is 1.56. The van der Waals surface area contributed by atoms with Crippen molar-refractivity contribution in [1.82, 2.24) is 0 Å². The lowest BCUT2D eigenvalue weighted by Crippen LogP contribution is -2.36. The number of hydrogen-bond acceptors (Lipinski definition) is 2. The van der Waals surface area contributed by atoms with E-state index in [1.807, 2.05) is 24.3 Å². The van der Waals surface area contributed by atoms with Crippen LogP contribution in [0.15, 0.2) is 24.3 Å². The molecule has 2 heteroatoms. The molecule has 1 aliphatic carbocycles. The minimum atomic E-state index is -0.333. The van der Waals surface area contributed by atoms with E-state index in [1.165, 1.54) is 19.3 Å². The average Bonchev–Trinajstić information content (AvgIpc) is 2.15. The van der Waals surface area contributed by atoms with Crippen molar-refractivity contribution >= 4 is 0 Å². The van der Waals surface area contributed by atoms with E-state index in [-0.39, 0.29) is 12.2 Å². The molecule has 1 N–H and O–H groups in total. The normalized spacial score (nSPS) is 30.2. The highest BCUT2D eigenvalue weighted by Gasteiger charge is 2.34. The van der Waals surface area contributed by atoms with E-state index in [9.17, 15) is 5.11 Å². The molecule has 0 amide bonds. The van der Waals surface area contributed by atoms with Crippen LogP contribution in [0.1, 0.15) is 37.4 Å². The summed E-state index contributed by atoms with van der Waals surface area (Å²) in [5, 5.41) is 10.0. The van der Waals surface area contributed by atoms with E-state index in [4.69, 9.17) is 4.74 Å². The van der Waals surface area contributed by atoms with Crippen molar-refractivity contribution in [3.63, 3.8) is 0 Å². The molecule has 0 spiro atoms. The van der Waals surface area contributed by atoms with E-state index < -0.39 is 0 Å². The Bertz CT molecular complexity index is 357. The second-order valence-corrected chi connectivity index (χ2v) is 4.64. The molecule has 3 rings (SSSR count). The molecule has 0 saturated heterocycles. The van der Waals surface area contributed by atoms with Crippen LogP contribution in [0.3, 0.4) is 0 Å². The van der Waals surface area contributed by atoms with Gasteiger partial charge < -0.3 is 9.84 Å². The SMILES string of the molecule is O[C@H]1CC(C2CCC2)Oc2ccccc21. The molecular formula is C13H16O2. The monoisotopic (exact) mass is 204 g/mol. The summed E-state index contributed by atoms with van der Waals surface area (Å²) in [6.07, 6.45) is 4.52. The summed E-state index contributed by atoms with van der Waals surface area (Å²) < 4.78 is 5.95. The molecular weight excluding hydrogens is 188 g/mol. The Balaban J connectivity index is 1.85. The average molecular weight is 204 g/mol. The van der Waals surface area contributed by atoms with Crippen LogP contribution in [-0.2, 0) is 0 Å². The summed E-state index contributed by atoms with van der Waals surface area (Å²) >= 11 is 0. The third kappa shape index (κ3) is 1.53. The van der Waals surface area contributed by atoms with Gasteiger partial charge in [0.2, 0.25) is 0 Å². The molecule has 2 atom stereocenters. The fourth-order valence-corrected chi connectivity index (χ4v) is 2.52. The van der Waals surface area contributed by atoms with Crippen LogP contribution in [0, 0.1) is 5.92 Å². The van der Waals surface area contributed by atoms with Gasteiger partial charge in [0.25, 0.3) is 0 Å². The molecule has 1 saturated carbocycles. The standard InChI is InChI=1S/C13H16O2/c14-11-8-13(9-4-3-5-9)15-12-7-2-1-6-10(11)12/h1-2,6-7,9,11,13-14H,3-5,8H2/t11-,13?/m0/s1. The maximum Gasteiger partial charge on any atom is 0.125 e. The molecule has 1 aliphatic heterocycles. The molecule has 0 bridgehead atoms. The van der Waals surface area contributed by atoms with Gasteiger partial charge in [0, 0.05) is 12.0 Å². The molecule has 0 aromatic heterocycles. The zero-order valence-corrected chi connectivity index (χ0v) is 8.73. The van der Waals surface area contributed by atoms with Crippen molar-refractivity contribution in [2.24, 2.45) is 5.92 Å². The van der Waals surface area contributed by atoms with Gasteiger partial charge in [-0.15, -0.1) is 0 Å². The molecule has 1 aromatic rings. The highest BCUT2D eigenvalue weighted by Crippen LogP contribution is 2.41. The number of fused-ring (bicyclic) bond motifs is 1. The Morgan fingerprint density at radius 1 is 1.20 bits per heavy atom. The Labute approximate surface area is 89.9 Å². The first-order chi connectivity index (χ1) is 7.34. The second kappa shape index (κ2) is 3.53. The number of hydrogen-bond donors (Lipinski definition) is 1. The number of para-hydroxylation sites is 1. The molecule has 1 unspecified atom stereocenters. The summed E-state index contributed by atoms with van der Waals surface area (Å²) in [6.45, 7) is 0. The van der Waals surface area contributed by atoms with Gasteiger partial charge in [0.1, 0.15) is 11.9 Å². The summed E-state index contributed by atoms with van der Waals surface area (Å²) in [4.78, 5) is 0. The Kier molecular flexibility index (Phi) is 2.17. The lowest BCUT2D eigenvalue weighted by Gasteiger charge is -2.38. The van der Waals surface area contributed by atoms with Crippen molar-refractivity contribution in [3.8, 4) is 5.75 Å². The molecule has 1 heterocycles. The smallest absolute Gasteiger partial charge is 0.125 e. The predicted molar refractivity (Wildman–Crippen MR) is 57.8 cm³/mol. The zero-order chi connectivity index (χ0) is 10.3. The van der Waals surface area contributed by atoms with E-state index in [2.05, 4.69) is 0 Å². The van der Waals surface area contributed by atoms with Crippen molar-refractivity contribution in [3.05, 3.63) is 29.8 Å². The number of aliphatic hydroxyl groups is 1. The van der Waals surface area contributed by atoms with Gasteiger partial charge in [-0.2, -0.15) is 0 Å². The van der Waals surface area contributed by atoms with E-state index in [0.29, 0.717) is 5.92 Å². The van der Waals surface area contributed by atoms with Gasteiger partial charge in [-0.05, 0) is 24.8 Å². The van der Waals surface area contributed by atoms with Crippen molar-refractivity contribution in [1.29, 1.82) is 0 Å². The van der Waals surface area contributed by atoms with Crippen LogP contribution in [-0.4, -0.2) is 11.2 Å². The second-order valence-electron chi connectivity index (χ2n) is 4.64. The van der Waals surface area contributed by atoms with Gasteiger partial charge in [-0.1, -0.05) is 24.6 Å². The van der Waals surface area contributed by atoms with Crippen LogP contribution < -0.4 is 4.74 Å². The molecule has 1 fully saturated rings. The first-order valence-electron chi connectivity index (χ1n) is 5.78. The van der Waals surface area contributed by atoms with Crippen LogP contribution in [0.4, 0.5) is 0 Å². The van der Waals surface area contributed by atoms with Crippen LogP contribution in [0.5, 0.6) is 5.75 Å². The zero-order valence-electron chi connectivity index (χ0n) is 8.73. The molecule has 0 radical (unpaired) electrons. The molecule has 80 valence electrons. The van der Waals surface area contributed by atoms with Gasteiger partial charge in [-0.3, -0.25) is 0 Å². The van der Waals surface area contributed by atoms with E-state index >= 15 is 0 Å². The lowest BCUT2D eigenvalue weighted by molar-refractivity contribution is 0.0106. The van der Waals surface area contributed by atoms with Crippen LogP contribution >= 0.6 is 0 Å². The Hall–Kier alpha value is -1.02. The maximum atomic E-state index is 10.0. The molecule has 1 aromatic carbocycles. The molecule has 2 nitrogen and oxygen atoms in total.